The van der Waals surface area contributed by atoms with Gasteiger partial charge in [-0.2, -0.15) is 0 Å². The highest BCUT2D eigenvalue weighted by Crippen LogP contribution is 2.52. The van der Waals surface area contributed by atoms with Crippen LogP contribution in [0.1, 0.15) is 11.1 Å². The van der Waals surface area contributed by atoms with Crippen molar-refractivity contribution in [1.82, 2.24) is 10.6 Å². The highest BCUT2D eigenvalue weighted by Gasteiger charge is 2.67. The van der Waals surface area contributed by atoms with Gasteiger partial charge in [-0.05, 0) is 36.8 Å². The summed E-state index contributed by atoms with van der Waals surface area (Å²) < 4.78 is 6.15. The van der Waals surface area contributed by atoms with Crippen LogP contribution in [0.25, 0.3) is 0 Å². The summed E-state index contributed by atoms with van der Waals surface area (Å²) in [6.45, 7) is 2.89. The van der Waals surface area contributed by atoms with Crippen molar-refractivity contribution >= 4 is 34.8 Å². The summed E-state index contributed by atoms with van der Waals surface area (Å²) in [5.41, 5.74) is 1.93. The third kappa shape index (κ3) is 3.34. The molecular weight excluding hydrogens is 410 g/mol. The first-order valence-corrected chi connectivity index (χ1v) is 10.8. The standard InChI is InChI=1S/C24H23N3O3S/c1-15-7-9-17(10-8-15)27-21(28)19-18-11-12-24(30-18,20(19)22(27)29)14-26-23(31)25-13-16-5-3-2-4-6-16/h2-12,18-20H,13-14H2,1H3,(H2,25,26,31)/t18-,19-,20+,24+/m1/s1. The molecule has 31 heavy (non-hydrogen) atoms. The molecule has 2 aromatic rings. The second-order valence-corrected chi connectivity index (χ2v) is 8.68. The molecule has 2 N–H and O–H groups in total. The van der Waals surface area contributed by atoms with Crippen LogP contribution in [0.15, 0.2) is 66.7 Å². The second kappa shape index (κ2) is 7.59. The van der Waals surface area contributed by atoms with Gasteiger partial charge in [-0.1, -0.05) is 60.2 Å². The number of nitrogens with one attached hydrogen (secondary N) is 2. The van der Waals surface area contributed by atoms with Crippen LogP contribution < -0.4 is 15.5 Å². The van der Waals surface area contributed by atoms with Gasteiger partial charge in [0.25, 0.3) is 0 Å². The van der Waals surface area contributed by atoms with Crippen LogP contribution in [0.4, 0.5) is 5.69 Å². The van der Waals surface area contributed by atoms with Crippen LogP contribution >= 0.6 is 12.2 Å². The lowest BCUT2D eigenvalue weighted by atomic mass is 9.77. The second-order valence-electron chi connectivity index (χ2n) is 8.27. The Hall–Kier alpha value is -3.03. The average Bonchev–Trinajstić information content (AvgIpc) is 3.43. The number of nitrogens with zero attached hydrogens (tertiary/aromatic N) is 1. The highest BCUT2D eigenvalue weighted by molar-refractivity contribution is 7.80. The summed E-state index contributed by atoms with van der Waals surface area (Å²) in [6, 6.07) is 17.4. The van der Waals surface area contributed by atoms with E-state index >= 15 is 0 Å². The Balaban J connectivity index is 1.29. The fourth-order valence-corrected chi connectivity index (χ4v) is 4.86. The zero-order valence-corrected chi connectivity index (χ0v) is 17.9. The zero-order valence-electron chi connectivity index (χ0n) is 17.1. The molecule has 158 valence electrons. The largest absolute Gasteiger partial charge is 0.360 e. The predicted molar refractivity (Wildman–Crippen MR) is 121 cm³/mol. The van der Waals surface area contributed by atoms with Gasteiger partial charge in [0.2, 0.25) is 11.8 Å². The molecule has 0 aliphatic carbocycles. The lowest BCUT2D eigenvalue weighted by Crippen LogP contribution is -2.50. The van der Waals surface area contributed by atoms with Gasteiger partial charge in [0.15, 0.2) is 5.11 Å². The molecule has 4 atom stereocenters. The van der Waals surface area contributed by atoms with Crippen molar-refractivity contribution in [2.45, 2.75) is 25.2 Å². The van der Waals surface area contributed by atoms with Gasteiger partial charge in [0, 0.05) is 6.54 Å². The Kier molecular flexibility index (Phi) is 4.87. The molecule has 0 spiro atoms. The Morgan fingerprint density at radius 3 is 2.55 bits per heavy atom. The van der Waals surface area contributed by atoms with E-state index in [1.54, 1.807) is 0 Å². The quantitative estimate of drug-likeness (QED) is 0.429. The molecule has 7 heteroatoms. The number of carbonyl (C=O) groups is 2. The van der Waals surface area contributed by atoms with Crippen molar-refractivity contribution < 1.29 is 14.3 Å². The van der Waals surface area contributed by atoms with E-state index in [1.165, 1.54) is 4.90 Å². The maximum atomic E-state index is 13.3. The first kappa shape index (κ1) is 19.9. The van der Waals surface area contributed by atoms with Gasteiger partial charge in [-0.15, -0.1) is 0 Å². The van der Waals surface area contributed by atoms with Crippen molar-refractivity contribution in [3.8, 4) is 0 Å². The average molecular weight is 434 g/mol. The number of amides is 2. The lowest BCUT2D eigenvalue weighted by molar-refractivity contribution is -0.126. The van der Waals surface area contributed by atoms with E-state index in [4.69, 9.17) is 17.0 Å². The van der Waals surface area contributed by atoms with Crippen molar-refractivity contribution in [3.05, 3.63) is 77.9 Å². The summed E-state index contributed by atoms with van der Waals surface area (Å²) in [5, 5.41) is 6.84. The van der Waals surface area contributed by atoms with Gasteiger partial charge in [-0.3, -0.25) is 9.59 Å². The number of imide groups is 1. The summed E-state index contributed by atoms with van der Waals surface area (Å²) in [6.07, 6.45) is 3.42. The Morgan fingerprint density at radius 2 is 1.81 bits per heavy atom. The maximum Gasteiger partial charge on any atom is 0.241 e. The molecule has 2 amide bonds. The molecule has 3 heterocycles. The van der Waals surface area contributed by atoms with Crippen molar-refractivity contribution in [2.75, 3.05) is 11.4 Å². The number of anilines is 1. The number of rotatable bonds is 5. The fourth-order valence-electron chi connectivity index (χ4n) is 4.71. The van der Waals surface area contributed by atoms with Gasteiger partial charge in [-0.25, -0.2) is 4.90 Å². The number of thiocarbonyl (C=S) groups is 1. The molecular formula is C24H23N3O3S. The molecule has 0 saturated carbocycles. The maximum absolute atomic E-state index is 13.3. The monoisotopic (exact) mass is 433 g/mol. The summed E-state index contributed by atoms with van der Waals surface area (Å²) in [4.78, 5) is 27.8. The Labute approximate surface area is 186 Å². The van der Waals surface area contributed by atoms with Crippen molar-refractivity contribution in [3.63, 3.8) is 0 Å². The summed E-state index contributed by atoms with van der Waals surface area (Å²) in [7, 11) is 0. The Morgan fingerprint density at radius 1 is 1.06 bits per heavy atom. The molecule has 0 aromatic heterocycles. The van der Waals surface area contributed by atoms with Crippen LogP contribution in [-0.4, -0.2) is 35.2 Å². The fraction of sp³-hybridized carbons (Fsp3) is 0.292. The first-order chi connectivity index (χ1) is 15.0. The minimum absolute atomic E-state index is 0.195. The molecule has 0 radical (unpaired) electrons. The van der Waals surface area contributed by atoms with Gasteiger partial charge < -0.3 is 15.4 Å². The van der Waals surface area contributed by atoms with Crippen LogP contribution in [0.5, 0.6) is 0 Å². The van der Waals surface area contributed by atoms with E-state index in [-0.39, 0.29) is 17.9 Å². The van der Waals surface area contributed by atoms with E-state index < -0.39 is 17.4 Å². The first-order valence-electron chi connectivity index (χ1n) is 10.4. The number of hydrogen-bond acceptors (Lipinski definition) is 4. The molecule has 2 saturated heterocycles. The van der Waals surface area contributed by atoms with Gasteiger partial charge in [0.05, 0.1) is 30.2 Å². The number of aryl methyl sites for hydroxylation is 1. The van der Waals surface area contributed by atoms with E-state index in [2.05, 4.69) is 10.6 Å². The van der Waals surface area contributed by atoms with E-state index in [0.717, 1.165) is 11.1 Å². The number of hydrogen-bond donors (Lipinski definition) is 2. The van der Waals surface area contributed by atoms with Gasteiger partial charge in [0.1, 0.15) is 5.60 Å². The number of benzene rings is 2. The van der Waals surface area contributed by atoms with Crippen LogP contribution in [0.3, 0.4) is 0 Å². The molecule has 3 aliphatic rings. The summed E-state index contributed by atoms with van der Waals surface area (Å²) in [5.74, 6) is -1.46. The molecule has 2 bridgehead atoms. The zero-order chi connectivity index (χ0) is 21.6. The Bertz CT molecular complexity index is 1070. The molecule has 5 rings (SSSR count). The van der Waals surface area contributed by atoms with E-state index in [0.29, 0.717) is 23.9 Å². The smallest absolute Gasteiger partial charge is 0.241 e. The van der Waals surface area contributed by atoms with Crippen LogP contribution in [0, 0.1) is 18.8 Å². The highest BCUT2D eigenvalue weighted by atomic mass is 32.1. The van der Waals surface area contributed by atoms with Crippen LogP contribution in [0.2, 0.25) is 0 Å². The number of ether oxygens (including phenoxy) is 1. The number of carbonyl (C=O) groups excluding carboxylic acids is 2. The third-order valence-corrected chi connectivity index (χ3v) is 6.56. The van der Waals surface area contributed by atoms with E-state index in [1.807, 2.05) is 73.7 Å². The molecule has 2 aromatic carbocycles. The van der Waals surface area contributed by atoms with E-state index in [9.17, 15) is 9.59 Å². The van der Waals surface area contributed by atoms with Crippen LogP contribution in [-0.2, 0) is 20.9 Å². The number of fused-ring (bicyclic) bond motifs is 5. The minimum atomic E-state index is -0.875. The molecule has 2 fully saturated rings. The van der Waals surface area contributed by atoms with Crippen molar-refractivity contribution in [2.24, 2.45) is 11.8 Å². The minimum Gasteiger partial charge on any atom is -0.360 e. The van der Waals surface area contributed by atoms with Crippen molar-refractivity contribution in [1.29, 1.82) is 0 Å². The molecule has 6 nitrogen and oxygen atoms in total. The topological polar surface area (TPSA) is 70.7 Å². The summed E-state index contributed by atoms with van der Waals surface area (Å²) >= 11 is 5.42. The lowest BCUT2D eigenvalue weighted by Gasteiger charge is -2.29. The normalized spacial score (nSPS) is 28.2. The SMILES string of the molecule is Cc1ccc(N2C(=O)[C@H]3[C@@H](C2=O)[C@@]2(CNC(=S)NCc4ccccc4)C=C[C@H]3O2)cc1. The predicted octanol–water partition coefficient (Wildman–Crippen LogP) is 2.47. The van der Waals surface area contributed by atoms with Gasteiger partial charge >= 0.3 is 0 Å². The molecule has 0 unspecified atom stereocenters. The molecule has 3 aliphatic heterocycles. The third-order valence-electron chi connectivity index (χ3n) is 6.27.